The van der Waals surface area contributed by atoms with Crippen molar-refractivity contribution < 1.29 is 9.90 Å². The van der Waals surface area contributed by atoms with Gasteiger partial charge in [-0.1, -0.05) is 0 Å². The molecule has 0 amide bonds. The highest BCUT2D eigenvalue weighted by atomic mass is 16.4. The summed E-state index contributed by atoms with van der Waals surface area (Å²) in [7, 11) is 0. The summed E-state index contributed by atoms with van der Waals surface area (Å²) < 4.78 is 0. The Bertz CT molecular complexity index is 312. The minimum Gasteiger partial charge on any atom is -0.481 e. The first-order valence-corrected chi connectivity index (χ1v) is 3.99. The van der Waals surface area contributed by atoms with Crippen molar-refractivity contribution in [1.29, 1.82) is 0 Å². The molecule has 1 atom stereocenters. The van der Waals surface area contributed by atoms with Gasteiger partial charge in [0.25, 0.3) is 0 Å². The number of aliphatic carboxylic acids is 1. The number of aryl methyl sites for hydroxylation is 1. The van der Waals surface area contributed by atoms with Gasteiger partial charge in [-0.2, -0.15) is 0 Å². The van der Waals surface area contributed by atoms with Crippen molar-refractivity contribution in [3.05, 3.63) is 29.6 Å². The highest BCUT2D eigenvalue weighted by Crippen LogP contribution is 2.16. The van der Waals surface area contributed by atoms with E-state index in [1.54, 1.807) is 18.5 Å². The normalized spacial score (nSPS) is 12.5. The maximum Gasteiger partial charge on any atom is 0.305 e. The Labute approximate surface area is 76.4 Å². The second kappa shape index (κ2) is 4.00. The number of carboxylic acid groups (broad SMARTS) is 1. The molecule has 0 aromatic carbocycles. The monoisotopic (exact) mass is 180 g/mol. The fourth-order valence-corrected chi connectivity index (χ4v) is 1.20. The summed E-state index contributed by atoms with van der Waals surface area (Å²) in [6.07, 6.45) is 3.24. The predicted molar refractivity (Wildman–Crippen MR) is 48.2 cm³/mol. The third-order valence-electron chi connectivity index (χ3n) is 1.86. The molecule has 0 fully saturated rings. The quantitative estimate of drug-likeness (QED) is 0.723. The first kappa shape index (κ1) is 9.67. The molecule has 4 heteroatoms. The van der Waals surface area contributed by atoms with E-state index in [4.69, 9.17) is 10.8 Å². The Morgan fingerprint density at radius 1 is 1.77 bits per heavy atom. The van der Waals surface area contributed by atoms with Gasteiger partial charge in [-0.3, -0.25) is 9.78 Å². The minimum atomic E-state index is -0.885. The third kappa shape index (κ3) is 2.52. The van der Waals surface area contributed by atoms with Crippen molar-refractivity contribution in [2.75, 3.05) is 0 Å². The van der Waals surface area contributed by atoms with Crippen LogP contribution >= 0.6 is 0 Å². The van der Waals surface area contributed by atoms with Crippen molar-refractivity contribution in [2.45, 2.75) is 19.4 Å². The lowest BCUT2D eigenvalue weighted by Gasteiger charge is -2.11. The van der Waals surface area contributed by atoms with E-state index in [0.29, 0.717) is 0 Å². The van der Waals surface area contributed by atoms with Crippen molar-refractivity contribution in [3.8, 4) is 0 Å². The number of pyridine rings is 1. The molecule has 0 bridgehead atoms. The van der Waals surface area contributed by atoms with Crippen LogP contribution in [0.5, 0.6) is 0 Å². The molecule has 70 valence electrons. The van der Waals surface area contributed by atoms with Gasteiger partial charge in [0.2, 0.25) is 0 Å². The Morgan fingerprint density at radius 3 is 3.00 bits per heavy atom. The van der Waals surface area contributed by atoms with E-state index in [1.165, 1.54) is 0 Å². The first-order chi connectivity index (χ1) is 6.11. The molecule has 0 saturated heterocycles. The van der Waals surface area contributed by atoms with Crippen LogP contribution in [0.15, 0.2) is 18.5 Å². The van der Waals surface area contributed by atoms with Crippen LogP contribution < -0.4 is 5.73 Å². The van der Waals surface area contributed by atoms with Gasteiger partial charge in [-0.25, -0.2) is 0 Å². The Hall–Kier alpha value is -1.42. The van der Waals surface area contributed by atoms with Gasteiger partial charge in [0, 0.05) is 18.4 Å². The zero-order valence-corrected chi connectivity index (χ0v) is 7.40. The van der Waals surface area contributed by atoms with Crippen molar-refractivity contribution in [3.63, 3.8) is 0 Å². The average molecular weight is 180 g/mol. The Balaban J connectivity index is 2.82. The largest absolute Gasteiger partial charge is 0.481 e. The zero-order valence-electron chi connectivity index (χ0n) is 7.40. The second-order valence-electron chi connectivity index (χ2n) is 2.94. The molecule has 1 aromatic rings. The van der Waals surface area contributed by atoms with Crippen molar-refractivity contribution in [1.82, 2.24) is 4.98 Å². The van der Waals surface area contributed by atoms with Crippen molar-refractivity contribution >= 4 is 5.97 Å². The van der Waals surface area contributed by atoms with Gasteiger partial charge in [0.05, 0.1) is 6.42 Å². The van der Waals surface area contributed by atoms with Crippen LogP contribution in [0.1, 0.15) is 23.6 Å². The lowest BCUT2D eigenvalue weighted by atomic mass is 10.0. The Morgan fingerprint density at radius 2 is 2.46 bits per heavy atom. The number of carboxylic acids is 1. The van der Waals surface area contributed by atoms with Gasteiger partial charge in [0.1, 0.15) is 0 Å². The molecule has 0 unspecified atom stereocenters. The molecule has 0 aliphatic heterocycles. The van der Waals surface area contributed by atoms with Gasteiger partial charge < -0.3 is 10.8 Å². The van der Waals surface area contributed by atoms with Gasteiger partial charge in [0.15, 0.2) is 0 Å². The van der Waals surface area contributed by atoms with Gasteiger partial charge >= 0.3 is 5.97 Å². The summed E-state index contributed by atoms with van der Waals surface area (Å²) in [6, 6.07) is 1.31. The second-order valence-corrected chi connectivity index (χ2v) is 2.94. The number of hydrogen-bond donors (Lipinski definition) is 2. The highest BCUT2D eigenvalue weighted by Gasteiger charge is 2.11. The molecule has 0 aliphatic carbocycles. The van der Waals surface area contributed by atoms with Crippen LogP contribution in [0.4, 0.5) is 0 Å². The first-order valence-electron chi connectivity index (χ1n) is 3.99. The number of nitrogens with two attached hydrogens (primary N) is 1. The summed E-state index contributed by atoms with van der Waals surface area (Å²) in [5.41, 5.74) is 7.46. The fourth-order valence-electron chi connectivity index (χ4n) is 1.20. The number of hydrogen-bond acceptors (Lipinski definition) is 3. The SMILES string of the molecule is Cc1cnccc1[C@H](N)CC(=O)O. The highest BCUT2D eigenvalue weighted by molar-refractivity contribution is 5.68. The van der Waals surface area contributed by atoms with E-state index >= 15 is 0 Å². The molecular formula is C9H12N2O2. The van der Waals surface area contributed by atoms with Crippen molar-refractivity contribution in [2.24, 2.45) is 5.73 Å². The topological polar surface area (TPSA) is 76.2 Å². The maximum atomic E-state index is 10.4. The summed E-state index contributed by atoms with van der Waals surface area (Å²) in [5.74, 6) is -0.885. The average Bonchev–Trinajstić information content (AvgIpc) is 2.03. The summed E-state index contributed by atoms with van der Waals surface area (Å²) in [6.45, 7) is 1.87. The molecule has 0 aliphatic rings. The smallest absolute Gasteiger partial charge is 0.305 e. The summed E-state index contributed by atoms with van der Waals surface area (Å²) in [4.78, 5) is 14.3. The maximum absolute atomic E-state index is 10.4. The molecular weight excluding hydrogens is 168 g/mol. The van der Waals surface area contributed by atoms with Gasteiger partial charge in [-0.15, -0.1) is 0 Å². The molecule has 13 heavy (non-hydrogen) atoms. The van der Waals surface area contributed by atoms with E-state index < -0.39 is 12.0 Å². The van der Waals surface area contributed by atoms with Crippen LogP contribution in [0.3, 0.4) is 0 Å². The number of rotatable bonds is 3. The lowest BCUT2D eigenvalue weighted by molar-refractivity contribution is -0.137. The Kier molecular flexibility index (Phi) is 2.97. The van der Waals surface area contributed by atoms with Crippen LogP contribution in [0, 0.1) is 6.92 Å². The van der Waals surface area contributed by atoms with Gasteiger partial charge in [-0.05, 0) is 24.1 Å². The number of nitrogens with zero attached hydrogens (tertiary/aromatic N) is 1. The van der Waals surface area contributed by atoms with E-state index in [2.05, 4.69) is 4.98 Å². The van der Waals surface area contributed by atoms with E-state index in [9.17, 15) is 4.79 Å². The molecule has 1 rings (SSSR count). The van der Waals surface area contributed by atoms with E-state index in [-0.39, 0.29) is 6.42 Å². The molecule has 0 saturated carbocycles. The summed E-state index contributed by atoms with van der Waals surface area (Å²) in [5, 5.41) is 8.54. The fraction of sp³-hybridized carbons (Fsp3) is 0.333. The van der Waals surface area contributed by atoms with Crippen LogP contribution in [-0.4, -0.2) is 16.1 Å². The third-order valence-corrected chi connectivity index (χ3v) is 1.86. The zero-order chi connectivity index (χ0) is 9.84. The van der Waals surface area contributed by atoms with Crippen LogP contribution in [0.25, 0.3) is 0 Å². The summed E-state index contributed by atoms with van der Waals surface area (Å²) >= 11 is 0. The van der Waals surface area contributed by atoms with Crippen LogP contribution in [0.2, 0.25) is 0 Å². The van der Waals surface area contributed by atoms with E-state index in [0.717, 1.165) is 11.1 Å². The predicted octanol–water partition coefficient (Wildman–Crippen LogP) is 0.865. The molecule has 3 N–H and O–H groups in total. The lowest BCUT2D eigenvalue weighted by Crippen LogP contribution is -2.16. The van der Waals surface area contributed by atoms with E-state index in [1.807, 2.05) is 6.92 Å². The number of aromatic nitrogens is 1. The minimum absolute atomic E-state index is 0.0507. The standard InChI is InChI=1S/C9H12N2O2/c1-6-5-11-3-2-7(6)8(10)4-9(12)13/h2-3,5,8H,4,10H2,1H3,(H,12,13)/t8-/m1/s1. The molecule has 4 nitrogen and oxygen atoms in total. The molecule has 0 spiro atoms. The van der Waals surface area contributed by atoms with Crippen LogP contribution in [-0.2, 0) is 4.79 Å². The molecule has 0 radical (unpaired) electrons. The molecule has 1 aromatic heterocycles. The molecule has 1 heterocycles. The number of carbonyl (C=O) groups is 1.